The molecule has 3 heteroatoms. The highest BCUT2D eigenvalue weighted by Gasteiger charge is 2.07. The molecule has 0 aliphatic heterocycles. The fourth-order valence-corrected chi connectivity index (χ4v) is 2.15. The number of rotatable bonds is 6. The van der Waals surface area contributed by atoms with E-state index >= 15 is 0 Å². The van der Waals surface area contributed by atoms with Crippen molar-refractivity contribution < 1.29 is 4.79 Å². The number of hydrogen-bond acceptors (Lipinski definition) is 2. The van der Waals surface area contributed by atoms with Gasteiger partial charge in [-0.15, -0.1) is 0 Å². The summed E-state index contributed by atoms with van der Waals surface area (Å²) in [5.41, 5.74) is 3.53. The normalized spacial score (nSPS) is 10.6. The van der Waals surface area contributed by atoms with Gasteiger partial charge in [-0.25, -0.2) is 0 Å². The summed E-state index contributed by atoms with van der Waals surface area (Å²) < 4.78 is 1.85. The summed E-state index contributed by atoms with van der Waals surface area (Å²) in [5, 5.41) is 4.18. The van der Waals surface area contributed by atoms with Crippen LogP contribution in [-0.4, -0.2) is 15.6 Å². The second-order valence-corrected chi connectivity index (χ2v) is 4.85. The van der Waals surface area contributed by atoms with Crippen molar-refractivity contribution in [3.05, 3.63) is 53.3 Å². The van der Waals surface area contributed by atoms with Crippen LogP contribution in [0.25, 0.3) is 0 Å². The van der Waals surface area contributed by atoms with Crippen molar-refractivity contribution in [2.45, 2.75) is 39.7 Å². The third-order valence-electron chi connectivity index (χ3n) is 3.35. The van der Waals surface area contributed by atoms with Gasteiger partial charge in [-0.05, 0) is 37.0 Å². The molecule has 0 aliphatic carbocycles. The highest BCUT2D eigenvalue weighted by molar-refractivity contribution is 5.80. The molecule has 0 saturated heterocycles. The van der Waals surface area contributed by atoms with Crippen LogP contribution in [0, 0.1) is 6.92 Å². The third-order valence-corrected chi connectivity index (χ3v) is 3.35. The van der Waals surface area contributed by atoms with Crippen LogP contribution in [0.5, 0.6) is 0 Å². The molecule has 1 aromatic heterocycles. The Bertz CT molecular complexity index is 557. The fourth-order valence-electron chi connectivity index (χ4n) is 2.15. The van der Waals surface area contributed by atoms with Crippen LogP contribution in [0.1, 0.15) is 30.0 Å². The maximum atomic E-state index is 12.0. The quantitative estimate of drug-likeness (QED) is 0.796. The van der Waals surface area contributed by atoms with Gasteiger partial charge in [0.2, 0.25) is 0 Å². The van der Waals surface area contributed by atoms with E-state index in [4.69, 9.17) is 0 Å². The summed E-state index contributed by atoms with van der Waals surface area (Å²) in [5.74, 6) is 0.277. The van der Waals surface area contributed by atoms with Crippen molar-refractivity contribution in [3.63, 3.8) is 0 Å². The molecule has 2 aromatic rings. The van der Waals surface area contributed by atoms with Crippen LogP contribution < -0.4 is 0 Å². The lowest BCUT2D eigenvalue weighted by molar-refractivity contribution is -0.118. The van der Waals surface area contributed by atoms with Crippen molar-refractivity contribution in [1.82, 2.24) is 9.78 Å². The highest BCUT2D eigenvalue weighted by Crippen LogP contribution is 2.11. The first-order chi connectivity index (χ1) is 9.19. The van der Waals surface area contributed by atoms with E-state index < -0.39 is 0 Å². The van der Waals surface area contributed by atoms with E-state index in [0.29, 0.717) is 12.8 Å². The van der Waals surface area contributed by atoms with Crippen molar-refractivity contribution in [1.29, 1.82) is 0 Å². The lowest BCUT2D eigenvalue weighted by Gasteiger charge is -2.04. The van der Waals surface area contributed by atoms with Crippen LogP contribution in [0.2, 0.25) is 0 Å². The van der Waals surface area contributed by atoms with Crippen molar-refractivity contribution >= 4 is 5.78 Å². The molecular weight excluding hydrogens is 236 g/mol. The summed E-state index contributed by atoms with van der Waals surface area (Å²) in [6, 6.07) is 8.24. The van der Waals surface area contributed by atoms with E-state index in [1.807, 2.05) is 29.9 Å². The molecule has 0 unspecified atom stereocenters. The Balaban J connectivity index is 1.86. The van der Waals surface area contributed by atoms with Crippen LogP contribution in [0.15, 0.2) is 36.7 Å². The van der Waals surface area contributed by atoms with Gasteiger partial charge in [-0.2, -0.15) is 5.10 Å². The minimum absolute atomic E-state index is 0.277. The zero-order chi connectivity index (χ0) is 13.7. The van der Waals surface area contributed by atoms with Gasteiger partial charge in [0, 0.05) is 25.6 Å². The number of benzene rings is 1. The first-order valence-corrected chi connectivity index (χ1v) is 6.76. The number of carbonyl (C=O) groups is 1. The standard InChI is InChI=1S/C16H20N2O/c1-3-18-12-14(11-17-18)10-16(19)9-8-15-7-5-4-6-13(15)2/h4-7,11-12H,3,8-10H2,1-2H3. The average Bonchev–Trinajstić information content (AvgIpc) is 2.85. The van der Waals surface area contributed by atoms with Gasteiger partial charge in [0.1, 0.15) is 5.78 Å². The summed E-state index contributed by atoms with van der Waals surface area (Å²) in [4.78, 5) is 12.0. The number of carbonyl (C=O) groups excluding carboxylic acids is 1. The SMILES string of the molecule is CCn1cc(CC(=O)CCc2ccccc2C)cn1. The first kappa shape index (κ1) is 13.5. The minimum Gasteiger partial charge on any atom is -0.299 e. The average molecular weight is 256 g/mol. The molecule has 19 heavy (non-hydrogen) atoms. The molecule has 0 fully saturated rings. The fraction of sp³-hybridized carbons (Fsp3) is 0.375. The maximum absolute atomic E-state index is 12.0. The van der Waals surface area contributed by atoms with E-state index in [9.17, 15) is 4.79 Å². The first-order valence-electron chi connectivity index (χ1n) is 6.76. The van der Waals surface area contributed by atoms with Crippen molar-refractivity contribution in [2.75, 3.05) is 0 Å². The molecular formula is C16H20N2O. The molecule has 0 amide bonds. The molecule has 100 valence electrons. The summed E-state index contributed by atoms with van der Waals surface area (Å²) in [6.07, 6.45) is 5.66. The summed E-state index contributed by atoms with van der Waals surface area (Å²) in [7, 11) is 0. The molecule has 2 rings (SSSR count). The number of aryl methyl sites for hydroxylation is 3. The van der Waals surface area contributed by atoms with Gasteiger partial charge in [0.25, 0.3) is 0 Å². The van der Waals surface area contributed by atoms with Crippen molar-refractivity contribution in [3.8, 4) is 0 Å². The molecule has 0 bridgehead atoms. The predicted octanol–water partition coefficient (Wildman–Crippen LogP) is 2.96. The molecule has 3 nitrogen and oxygen atoms in total. The third kappa shape index (κ3) is 3.78. The summed E-state index contributed by atoms with van der Waals surface area (Å²) in [6.45, 7) is 4.97. The van der Waals surface area contributed by atoms with Crippen LogP contribution in [-0.2, 0) is 24.2 Å². The van der Waals surface area contributed by atoms with Crippen LogP contribution in [0.4, 0.5) is 0 Å². The molecule has 0 saturated carbocycles. The predicted molar refractivity (Wildman–Crippen MR) is 76.1 cm³/mol. The lowest BCUT2D eigenvalue weighted by atomic mass is 10.0. The van der Waals surface area contributed by atoms with Gasteiger partial charge in [0.15, 0.2) is 0 Å². The molecule has 1 aromatic carbocycles. The Kier molecular flexibility index (Phi) is 4.50. The number of nitrogens with zero attached hydrogens (tertiary/aromatic N) is 2. The Hall–Kier alpha value is -1.90. The number of ketones is 1. The number of hydrogen-bond donors (Lipinski definition) is 0. The molecule has 0 spiro atoms. The Morgan fingerprint density at radius 1 is 1.32 bits per heavy atom. The van der Waals surface area contributed by atoms with E-state index in [-0.39, 0.29) is 5.78 Å². The summed E-state index contributed by atoms with van der Waals surface area (Å²) >= 11 is 0. The van der Waals surface area contributed by atoms with Gasteiger partial charge in [0.05, 0.1) is 6.20 Å². The zero-order valence-corrected chi connectivity index (χ0v) is 11.6. The molecule has 0 N–H and O–H groups in total. The van der Waals surface area contributed by atoms with E-state index in [2.05, 4.69) is 24.2 Å². The second-order valence-electron chi connectivity index (χ2n) is 4.85. The van der Waals surface area contributed by atoms with E-state index in [1.54, 1.807) is 6.20 Å². The topological polar surface area (TPSA) is 34.9 Å². The molecule has 0 aliphatic rings. The molecule has 0 atom stereocenters. The van der Waals surface area contributed by atoms with Gasteiger partial charge in [-0.1, -0.05) is 24.3 Å². The number of Topliss-reactive ketones (excluding diaryl/α,β-unsaturated/α-hetero) is 1. The smallest absolute Gasteiger partial charge is 0.137 e. The largest absolute Gasteiger partial charge is 0.299 e. The van der Waals surface area contributed by atoms with Crippen LogP contribution >= 0.6 is 0 Å². The Morgan fingerprint density at radius 2 is 2.11 bits per heavy atom. The van der Waals surface area contributed by atoms with Gasteiger partial charge >= 0.3 is 0 Å². The lowest BCUT2D eigenvalue weighted by Crippen LogP contribution is -2.04. The molecule has 1 heterocycles. The minimum atomic E-state index is 0.277. The van der Waals surface area contributed by atoms with Gasteiger partial charge in [-0.3, -0.25) is 9.48 Å². The highest BCUT2D eigenvalue weighted by atomic mass is 16.1. The van der Waals surface area contributed by atoms with E-state index in [1.165, 1.54) is 11.1 Å². The van der Waals surface area contributed by atoms with E-state index in [0.717, 1.165) is 18.5 Å². The monoisotopic (exact) mass is 256 g/mol. The number of aromatic nitrogens is 2. The van der Waals surface area contributed by atoms with Gasteiger partial charge < -0.3 is 0 Å². The molecule has 0 radical (unpaired) electrons. The zero-order valence-electron chi connectivity index (χ0n) is 11.6. The van der Waals surface area contributed by atoms with Crippen LogP contribution in [0.3, 0.4) is 0 Å². The second kappa shape index (κ2) is 6.32. The van der Waals surface area contributed by atoms with Crippen molar-refractivity contribution in [2.24, 2.45) is 0 Å². The Labute approximate surface area is 114 Å². The maximum Gasteiger partial charge on any atom is 0.137 e. The Morgan fingerprint density at radius 3 is 2.79 bits per heavy atom.